The van der Waals surface area contributed by atoms with Crippen LogP contribution in [0.2, 0.25) is 0 Å². The minimum absolute atomic E-state index is 0.234. The van der Waals surface area contributed by atoms with Crippen LogP contribution in [0.15, 0.2) is 48.5 Å². The van der Waals surface area contributed by atoms with E-state index in [4.69, 9.17) is 0 Å². The van der Waals surface area contributed by atoms with Crippen LogP contribution in [0, 0.1) is 0 Å². The fraction of sp³-hybridized carbons (Fsp3) is 0.278. The van der Waals surface area contributed by atoms with Crippen molar-refractivity contribution in [1.29, 1.82) is 0 Å². The molecule has 3 aromatic rings. The average molecular weight is 377 g/mol. The highest BCUT2D eigenvalue weighted by Crippen LogP contribution is 2.32. The first-order valence-corrected chi connectivity index (χ1v) is 8.36. The molecule has 0 radical (unpaired) electrons. The van der Waals surface area contributed by atoms with Crippen molar-refractivity contribution in [1.82, 2.24) is 20.2 Å². The molecule has 1 unspecified atom stereocenters. The molecule has 0 aliphatic carbocycles. The molecular formula is C18H18F3N5O. The van der Waals surface area contributed by atoms with Crippen LogP contribution in [0.1, 0.15) is 18.9 Å². The molecule has 9 heteroatoms. The number of nitrogens with one attached hydrogen (secondary N) is 1. The Kier molecular flexibility index (Phi) is 5.41. The Morgan fingerprint density at radius 2 is 1.81 bits per heavy atom. The van der Waals surface area contributed by atoms with Gasteiger partial charge in [-0.3, -0.25) is 0 Å². The zero-order valence-electron chi connectivity index (χ0n) is 14.5. The summed E-state index contributed by atoms with van der Waals surface area (Å²) >= 11 is 0. The number of rotatable bonds is 6. The Labute approximate surface area is 153 Å². The van der Waals surface area contributed by atoms with E-state index in [0.29, 0.717) is 29.2 Å². The summed E-state index contributed by atoms with van der Waals surface area (Å²) in [6, 6.07) is 11.9. The highest BCUT2D eigenvalue weighted by Gasteiger charge is 2.29. The number of alkyl halides is 3. The fourth-order valence-corrected chi connectivity index (χ4v) is 2.43. The van der Waals surface area contributed by atoms with E-state index in [9.17, 15) is 18.3 Å². The molecule has 2 aromatic carbocycles. The highest BCUT2D eigenvalue weighted by molar-refractivity contribution is 5.77. The lowest BCUT2D eigenvalue weighted by atomic mass is 10.1. The van der Waals surface area contributed by atoms with E-state index in [1.54, 1.807) is 24.3 Å². The zero-order chi connectivity index (χ0) is 19.4. The number of hydrogen-bond acceptors (Lipinski definition) is 5. The SMILES string of the molecule is CCC(O)Cn1nnc(-c2ccccc2Nc2ccc(C(F)(F)F)cc2)n1. The summed E-state index contributed by atoms with van der Waals surface area (Å²) in [5.74, 6) is 0.355. The largest absolute Gasteiger partial charge is 0.416 e. The molecule has 0 amide bonds. The summed E-state index contributed by atoms with van der Waals surface area (Å²) in [5, 5.41) is 25.0. The molecule has 1 heterocycles. The summed E-state index contributed by atoms with van der Waals surface area (Å²) in [6.07, 6.45) is -4.36. The summed E-state index contributed by atoms with van der Waals surface area (Å²) in [5.41, 5.74) is 1.08. The van der Waals surface area contributed by atoms with Crippen molar-refractivity contribution in [2.24, 2.45) is 0 Å². The predicted octanol–water partition coefficient (Wildman–Crippen LogP) is 3.87. The molecule has 0 spiro atoms. The second kappa shape index (κ2) is 7.75. The molecule has 0 fully saturated rings. The van der Waals surface area contributed by atoms with E-state index < -0.39 is 17.8 Å². The normalized spacial score (nSPS) is 12.8. The number of tetrazole rings is 1. The fourth-order valence-electron chi connectivity index (χ4n) is 2.43. The molecule has 0 saturated carbocycles. The predicted molar refractivity (Wildman–Crippen MR) is 94.3 cm³/mol. The van der Waals surface area contributed by atoms with E-state index in [-0.39, 0.29) is 6.54 Å². The number of aromatic nitrogens is 4. The molecule has 0 bridgehead atoms. The van der Waals surface area contributed by atoms with Gasteiger partial charge in [0.25, 0.3) is 0 Å². The molecule has 2 N–H and O–H groups in total. The number of para-hydroxylation sites is 1. The van der Waals surface area contributed by atoms with Crippen molar-refractivity contribution < 1.29 is 18.3 Å². The monoisotopic (exact) mass is 377 g/mol. The second-order valence-electron chi connectivity index (χ2n) is 5.98. The van der Waals surface area contributed by atoms with Crippen molar-refractivity contribution >= 4 is 11.4 Å². The van der Waals surface area contributed by atoms with Gasteiger partial charge in [0.1, 0.15) is 0 Å². The Hall–Kier alpha value is -2.94. The molecule has 0 aliphatic rings. The van der Waals surface area contributed by atoms with E-state index in [2.05, 4.69) is 20.7 Å². The molecule has 142 valence electrons. The zero-order valence-corrected chi connectivity index (χ0v) is 14.5. The van der Waals surface area contributed by atoms with E-state index in [1.165, 1.54) is 16.9 Å². The molecule has 3 rings (SSSR count). The van der Waals surface area contributed by atoms with Gasteiger partial charge in [0.15, 0.2) is 0 Å². The maximum Gasteiger partial charge on any atom is 0.416 e. The van der Waals surface area contributed by atoms with Gasteiger partial charge in [0.05, 0.1) is 18.2 Å². The van der Waals surface area contributed by atoms with Crippen molar-refractivity contribution in [2.75, 3.05) is 5.32 Å². The lowest BCUT2D eigenvalue weighted by molar-refractivity contribution is -0.137. The topological polar surface area (TPSA) is 75.9 Å². The van der Waals surface area contributed by atoms with Gasteiger partial charge in [-0.05, 0) is 48.0 Å². The Morgan fingerprint density at radius 1 is 1.11 bits per heavy atom. The van der Waals surface area contributed by atoms with Gasteiger partial charge in [-0.25, -0.2) is 0 Å². The summed E-state index contributed by atoms with van der Waals surface area (Å²) in [4.78, 5) is 1.32. The van der Waals surface area contributed by atoms with E-state index >= 15 is 0 Å². The van der Waals surface area contributed by atoms with Crippen LogP contribution < -0.4 is 5.32 Å². The van der Waals surface area contributed by atoms with Crippen LogP contribution in [0.4, 0.5) is 24.5 Å². The Morgan fingerprint density at radius 3 is 2.48 bits per heavy atom. The van der Waals surface area contributed by atoms with Crippen LogP contribution >= 0.6 is 0 Å². The van der Waals surface area contributed by atoms with Gasteiger partial charge < -0.3 is 10.4 Å². The molecule has 1 atom stereocenters. The van der Waals surface area contributed by atoms with Gasteiger partial charge in [0.2, 0.25) is 5.82 Å². The number of aliphatic hydroxyl groups excluding tert-OH is 1. The quantitative estimate of drug-likeness (QED) is 0.682. The van der Waals surface area contributed by atoms with Gasteiger partial charge in [-0.1, -0.05) is 19.1 Å². The minimum atomic E-state index is -4.37. The van der Waals surface area contributed by atoms with Gasteiger partial charge in [-0.2, -0.15) is 18.0 Å². The molecular weight excluding hydrogens is 359 g/mol. The summed E-state index contributed by atoms with van der Waals surface area (Å²) in [6.45, 7) is 2.09. The number of benzene rings is 2. The Balaban J connectivity index is 1.82. The lowest BCUT2D eigenvalue weighted by Crippen LogP contribution is -2.16. The average Bonchev–Trinajstić information content (AvgIpc) is 3.10. The van der Waals surface area contributed by atoms with Gasteiger partial charge in [0, 0.05) is 16.9 Å². The highest BCUT2D eigenvalue weighted by atomic mass is 19.4. The smallest absolute Gasteiger partial charge is 0.391 e. The van der Waals surface area contributed by atoms with Crippen molar-refractivity contribution in [2.45, 2.75) is 32.2 Å². The maximum absolute atomic E-state index is 12.7. The standard InChI is InChI=1S/C18H18F3N5O/c1-2-14(27)11-26-24-17(23-25-26)15-5-3-4-6-16(15)22-13-9-7-12(8-10-13)18(19,20)21/h3-10,14,22,27H,2,11H2,1H3. The molecule has 1 aromatic heterocycles. The summed E-state index contributed by atoms with van der Waals surface area (Å²) in [7, 11) is 0. The summed E-state index contributed by atoms with van der Waals surface area (Å²) < 4.78 is 38.1. The third kappa shape index (κ3) is 4.62. The second-order valence-corrected chi connectivity index (χ2v) is 5.98. The maximum atomic E-state index is 12.7. The van der Waals surface area contributed by atoms with Crippen LogP contribution in [-0.2, 0) is 12.7 Å². The number of anilines is 2. The van der Waals surface area contributed by atoms with E-state index in [1.807, 2.05) is 6.92 Å². The number of halogens is 3. The van der Waals surface area contributed by atoms with Gasteiger partial charge >= 0.3 is 6.18 Å². The van der Waals surface area contributed by atoms with E-state index in [0.717, 1.165) is 12.1 Å². The van der Waals surface area contributed by atoms with Crippen molar-refractivity contribution in [3.8, 4) is 11.4 Å². The third-order valence-electron chi connectivity index (χ3n) is 3.96. The number of hydrogen-bond donors (Lipinski definition) is 2. The van der Waals surface area contributed by atoms with Crippen LogP contribution in [-0.4, -0.2) is 31.4 Å². The number of aliphatic hydroxyl groups is 1. The first kappa shape index (κ1) is 18.8. The molecule has 0 saturated heterocycles. The van der Waals surface area contributed by atoms with Crippen molar-refractivity contribution in [3.05, 3.63) is 54.1 Å². The van der Waals surface area contributed by atoms with Crippen molar-refractivity contribution in [3.63, 3.8) is 0 Å². The lowest BCUT2D eigenvalue weighted by Gasteiger charge is -2.11. The first-order chi connectivity index (χ1) is 12.9. The van der Waals surface area contributed by atoms with Crippen LogP contribution in [0.3, 0.4) is 0 Å². The molecule has 6 nitrogen and oxygen atoms in total. The Bertz CT molecular complexity index is 893. The number of nitrogens with zero attached hydrogens (tertiary/aromatic N) is 4. The minimum Gasteiger partial charge on any atom is -0.391 e. The van der Waals surface area contributed by atoms with Crippen LogP contribution in [0.5, 0.6) is 0 Å². The molecule has 27 heavy (non-hydrogen) atoms. The van der Waals surface area contributed by atoms with Crippen LogP contribution in [0.25, 0.3) is 11.4 Å². The first-order valence-electron chi connectivity index (χ1n) is 8.36. The molecule has 0 aliphatic heterocycles. The third-order valence-corrected chi connectivity index (χ3v) is 3.96. The van der Waals surface area contributed by atoms with Gasteiger partial charge in [-0.15, -0.1) is 10.2 Å².